The summed E-state index contributed by atoms with van der Waals surface area (Å²) in [5.74, 6) is -1.33. The third-order valence-corrected chi connectivity index (χ3v) is 5.87. The maximum absolute atomic E-state index is 12.3. The van der Waals surface area contributed by atoms with E-state index in [4.69, 9.17) is 9.84 Å². The summed E-state index contributed by atoms with van der Waals surface area (Å²) >= 11 is 0. The minimum atomic E-state index is -1.49. The predicted octanol–water partition coefficient (Wildman–Crippen LogP) is 2.40. The van der Waals surface area contributed by atoms with Gasteiger partial charge < -0.3 is 25.0 Å². The highest BCUT2D eigenvalue weighted by Crippen LogP contribution is 2.39. The molecule has 0 saturated carbocycles. The average Bonchev–Trinajstić information content (AvgIpc) is 2.80. The van der Waals surface area contributed by atoms with Crippen molar-refractivity contribution in [1.29, 1.82) is 0 Å². The monoisotopic (exact) mass is 455 g/mol. The Balaban J connectivity index is 1.61. The van der Waals surface area contributed by atoms with Crippen molar-refractivity contribution in [2.45, 2.75) is 50.7 Å². The first-order valence-corrected chi connectivity index (χ1v) is 10.9. The second-order valence-electron chi connectivity index (χ2n) is 8.45. The molecule has 176 valence electrons. The van der Waals surface area contributed by atoms with Gasteiger partial charge in [-0.2, -0.15) is 0 Å². The fourth-order valence-electron chi connectivity index (χ4n) is 3.80. The number of hydrogen-bond acceptors (Lipinski definition) is 6. The number of hydrogen-bond donors (Lipinski definition) is 3. The number of carbonyl (C=O) groups is 3. The average molecular weight is 456 g/mol. The summed E-state index contributed by atoms with van der Waals surface area (Å²) < 4.78 is 4.84. The van der Waals surface area contributed by atoms with Crippen molar-refractivity contribution in [3.05, 3.63) is 65.2 Å². The number of esters is 1. The minimum Gasteiger partial charge on any atom is -0.481 e. The quantitative estimate of drug-likeness (QED) is 0.351. The summed E-state index contributed by atoms with van der Waals surface area (Å²) in [5, 5.41) is 28.7. The van der Waals surface area contributed by atoms with Gasteiger partial charge in [0.25, 0.3) is 0 Å². The summed E-state index contributed by atoms with van der Waals surface area (Å²) in [4.78, 5) is 35.7. The van der Waals surface area contributed by atoms with Crippen molar-refractivity contribution in [3.8, 4) is 0 Å². The zero-order valence-corrected chi connectivity index (χ0v) is 18.6. The molecule has 0 aliphatic carbocycles. The molecule has 33 heavy (non-hydrogen) atoms. The Hall–Kier alpha value is -3.23. The highest BCUT2D eigenvalue weighted by Gasteiger charge is 2.38. The van der Waals surface area contributed by atoms with E-state index in [0.717, 1.165) is 22.4 Å². The van der Waals surface area contributed by atoms with E-state index in [-0.39, 0.29) is 31.4 Å². The Morgan fingerprint density at radius 1 is 1.06 bits per heavy atom. The van der Waals surface area contributed by atoms with E-state index < -0.39 is 24.1 Å². The van der Waals surface area contributed by atoms with Gasteiger partial charge in [-0.15, -0.1) is 0 Å². The summed E-state index contributed by atoms with van der Waals surface area (Å²) in [6.07, 6.45) is 1.64. The molecule has 1 fully saturated rings. The molecule has 2 aromatic rings. The van der Waals surface area contributed by atoms with Crippen molar-refractivity contribution < 1.29 is 34.4 Å². The number of ether oxygens (including phenoxy) is 1. The van der Waals surface area contributed by atoms with Gasteiger partial charge >= 0.3 is 11.9 Å². The molecule has 1 heterocycles. The van der Waals surface area contributed by atoms with Crippen LogP contribution in [0.25, 0.3) is 0 Å². The Labute approximate surface area is 192 Å². The standard InChI is InChI=1S/C25H29NO7/c1-17(28)33-16-25(32,15-27)13-12-19-2-7-20(8-3-19)22-14-23(29)26(22)21-9-4-18(5-10-21)6-11-24(30)31/h2-5,7-10,22,27,32H,6,11-16H2,1H3,(H,30,31). The Bertz CT molecular complexity index is 987. The van der Waals surface area contributed by atoms with Crippen LogP contribution in [0.3, 0.4) is 0 Å². The topological polar surface area (TPSA) is 124 Å². The van der Waals surface area contributed by atoms with Crippen LogP contribution in [-0.2, 0) is 32.0 Å². The third-order valence-electron chi connectivity index (χ3n) is 5.87. The van der Waals surface area contributed by atoms with Crippen molar-refractivity contribution >= 4 is 23.5 Å². The summed E-state index contributed by atoms with van der Waals surface area (Å²) in [6.45, 7) is 0.483. The van der Waals surface area contributed by atoms with Gasteiger partial charge in [-0.3, -0.25) is 14.4 Å². The highest BCUT2D eigenvalue weighted by molar-refractivity contribution is 6.01. The van der Waals surface area contributed by atoms with Gasteiger partial charge in [-0.05, 0) is 48.1 Å². The molecule has 1 amide bonds. The van der Waals surface area contributed by atoms with Gasteiger partial charge in [-0.1, -0.05) is 36.4 Å². The zero-order chi connectivity index (χ0) is 24.0. The van der Waals surface area contributed by atoms with Crippen LogP contribution >= 0.6 is 0 Å². The number of amides is 1. The number of carboxylic acid groups (broad SMARTS) is 1. The van der Waals surface area contributed by atoms with Crippen LogP contribution in [0.15, 0.2) is 48.5 Å². The lowest BCUT2D eigenvalue weighted by Crippen LogP contribution is -2.46. The number of carboxylic acids is 1. The number of β-lactam (4-membered cyclic amide) rings is 1. The van der Waals surface area contributed by atoms with Gasteiger partial charge in [0.15, 0.2) is 0 Å². The number of rotatable bonds is 11. The van der Waals surface area contributed by atoms with Crippen LogP contribution < -0.4 is 4.90 Å². The molecule has 8 nitrogen and oxygen atoms in total. The van der Waals surface area contributed by atoms with E-state index in [2.05, 4.69) is 0 Å². The van der Waals surface area contributed by atoms with Crippen LogP contribution in [-0.4, -0.2) is 52.0 Å². The maximum atomic E-state index is 12.3. The third kappa shape index (κ3) is 6.40. The van der Waals surface area contributed by atoms with Gasteiger partial charge in [0.2, 0.25) is 5.91 Å². The first kappa shape index (κ1) is 24.4. The number of anilines is 1. The normalized spacial score (nSPS) is 17.2. The van der Waals surface area contributed by atoms with Crippen LogP contribution in [0.2, 0.25) is 0 Å². The first-order chi connectivity index (χ1) is 15.7. The van der Waals surface area contributed by atoms with Gasteiger partial charge in [-0.25, -0.2) is 0 Å². The molecule has 3 N–H and O–H groups in total. The molecule has 8 heteroatoms. The SMILES string of the molecule is CC(=O)OCC(O)(CO)CCc1ccc(C2CC(=O)N2c2ccc(CCC(=O)O)cc2)cc1. The Kier molecular flexibility index (Phi) is 7.84. The van der Waals surface area contributed by atoms with Crippen molar-refractivity contribution in [2.24, 2.45) is 0 Å². The molecule has 1 aliphatic rings. The molecule has 2 unspecified atom stereocenters. The summed E-state index contributed by atoms with van der Waals surface area (Å²) in [5.41, 5.74) is 2.14. The fourth-order valence-corrected chi connectivity index (χ4v) is 3.80. The molecule has 0 aromatic heterocycles. The predicted molar refractivity (Wildman–Crippen MR) is 121 cm³/mol. The second-order valence-corrected chi connectivity index (χ2v) is 8.45. The molecule has 0 spiro atoms. The second kappa shape index (κ2) is 10.6. The number of benzene rings is 2. The maximum Gasteiger partial charge on any atom is 0.303 e. The molecule has 0 radical (unpaired) electrons. The van der Waals surface area contributed by atoms with Crippen LogP contribution in [0.5, 0.6) is 0 Å². The van der Waals surface area contributed by atoms with Crippen LogP contribution in [0.4, 0.5) is 5.69 Å². The van der Waals surface area contributed by atoms with Gasteiger partial charge in [0, 0.05) is 19.0 Å². The van der Waals surface area contributed by atoms with Crippen molar-refractivity contribution in [1.82, 2.24) is 0 Å². The summed E-state index contributed by atoms with van der Waals surface area (Å²) in [6, 6.07) is 15.1. The zero-order valence-electron chi connectivity index (χ0n) is 18.6. The molecule has 1 saturated heterocycles. The van der Waals surface area contributed by atoms with E-state index in [1.165, 1.54) is 6.92 Å². The van der Waals surface area contributed by atoms with E-state index in [0.29, 0.717) is 19.3 Å². The number of aryl methyl sites for hydroxylation is 2. The number of aliphatic hydroxyl groups excluding tert-OH is 1. The molecule has 0 bridgehead atoms. The van der Waals surface area contributed by atoms with Crippen LogP contribution in [0.1, 0.15) is 48.9 Å². The van der Waals surface area contributed by atoms with E-state index in [1.54, 1.807) is 4.90 Å². The number of nitrogens with zero attached hydrogens (tertiary/aromatic N) is 1. The minimum absolute atomic E-state index is 0.0286. The van der Waals surface area contributed by atoms with Crippen LogP contribution in [0, 0.1) is 0 Å². The highest BCUT2D eigenvalue weighted by atomic mass is 16.5. The van der Waals surface area contributed by atoms with Crippen molar-refractivity contribution in [3.63, 3.8) is 0 Å². The summed E-state index contributed by atoms with van der Waals surface area (Å²) in [7, 11) is 0. The number of aliphatic hydroxyl groups is 2. The lowest BCUT2D eigenvalue weighted by Gasteiger charge is -2.41. The molecule has 2 aromatic carbocycles. The number of carbonyl (C=O) groups excluding carboxylic acids is 2. The molecular weight excluding hydrogens is 426 g/mol. The lowest BCUT2D eigenvalue weighted by molar-refractivity contribution is -0.152. The van der Waals surface area contributed by atoms with E-state index >= 15 is 0 Å². The lowest BCUT2D eigenvalue weighted by atomic mass is 9.91. The Morgan fingerprint density at radius 3 is 2.21 bits per heavy atom. The van der Waals surface area contributed by atoms with E-state index in [9.17, 15) is 24.6 Å². The molecular formula is C25H29NO7. The van der Waals surface area contributed by atoms with Gasteiger partial charge in [0.05, 0.1) is 19.1 Å². The van der Waals surface area contributed by atoms with E-state index in [1.807, 2.05) is 48.5 Å². The molecule has 1 aliphatic heterocycles. The number of aliphatic carboxylic acids is 1. The van der Waals surface area contributed by atoms with Gasteiger partial charge in [0.1, 0.15) is 12.2 Å². The Morgan fingerprint density at radius 2 is 1.67 bits per heavy atom. The largest absolute Gasteiger partial charge is 0.481 e. The fraction of sp³-hybridized carbons (Fsp3) is 0.400. The first-order valence-electron chi connectivity index (χ1n) is 10.9. The molecule has 3 rings (SSSR count). The van der Waals surface area contributed by atoms with Crippen molar-refractivity contribution in [2.75, 3.05) is 18.1 Å². The molecule has 2 atom stereocenters. The smallest absolute Gasteiger partial charge is 0.303 e.